The molecule has 1 amide bonds. The fourth-order valence-corrected chi connectivity index (χ4v) is 10.9. The van der Waals surface area contributed by atoms with Crippen LogP contribution in [0.1, 0.15) is 105 Å². The minimum atomic E-state index is -0.677. The predicted molar refractivity (Wildman–Crippen MR) is 168 cm³/mol. The summed E-state index contributed by atoms with van der Waals surface area (Å²) in [6.45, 7) is 23.6. The first-order valence-electron chi connectivity index (χ1n) is 16.6. The van der Waals surface area contributed by atoms with E-state index in [1.807, 2.05) is 26.0 Å². The number of ketones is 2. The van der Waals surface area contributed by atoms with Gasteiger partial charge in [0, 0.05) is 29.7 Å². The topological polar surface area (TPSA) is 116 Å². The largest absolute Gasteiger partial charge is 0.453 e. The van der Waals surface area contributed by atoms with E-state index in [1.54, 1.807) is 0 Å². The van der Waals surface area contributed by atoms with Gasteiger partial charge in [0.1, 0.15) is 0 Å². The van der Waals surface area contributed by atoms with Gasteiger partial charge in [0.2, 0.25) is 11.6 Å². The summed E-state index contributed by atoms with van der Waals surface area (Å²) in [4.78, 5) is 48.2. The molecule has 5 aliphatic rings. The van der Waals surface area contributed by atoms with Crippen LogP contribution in [-0.2, 0) is 26.2 Å². The minimum Gasteiger partial charge on any atom is -0.453 e. The highest BCUT2D eigenvalue weighted by molar-refractivity contribution is 6.03. The molecule has 7 atom stereocenters. The smallest absolute Gasteiger partial charge is 0.406 e. The normalized spacial score (nSPS) is 39.6. The average molecular weight is 617 g/mol. The lowest BCUT2D eigenvalue weighted by atomic mass is 9.34. The van der Waals surface area contributed by atoms with Gasteiger partial charge in [-0.15, -0.1) is 0 Å². The van der Waals surface area contributed by atoms with Gasteiger partial charge in [-0.05, 0) is 79.1 Å². The molecule has 9 heteroatoms. The molecule has 9 nitrogen and oxygen atoms in total. The van der Waals surface area contributed by atoms with Gasteiger partial charge in [-0.25, -0.2) is 9.64 Å². The maximum atomic E-state index is 14.8. The zero-order valence-corrected chi connectivity index (χ0v) is 28.1. The number of methoxy groups -OCH3 is 1. The number of rotatable bonds is 4. The molecule has 5 aliphatic carbocycles. The van der Waals surface area contributed by atoms with E-state index in [0.717, 1.165) is 50.5 Å². The molecule has 242 valence electrons. The second-order valence-electron chi connectivity index (χ2n) is 16.6. The number of hydrogen-bond acceptors (Lipinski definition) is 7. The van der Waals surface area contributed by atoms with Crippen LogP contribution >= 0.6 is 0 Å². The molecule has 3 fully saturated rings. The van der Waals surface area contributed by atoms with Gasteiger partial charge in [0.15, 0.2) is 17.4 Å². The monoisotopic (exact) mass is 616 g/mol. The number of hydrogen-bond donors (Lipinski definition) is 1. The first kappa shape index (κ1) is 31.7. The highest BCUT2D eigenvalue weighted by atomic mass is 16.5. The van der Waals surface area contributed by atoms with Gasteiger partial charge in [-0.2, -0.15) is 4.98 Å². The molecule has 0 spiro atoms. The molecule has 0 aliphatic heterocycles. The number of ether oxygens (including phenoxy) is 1. The number of carbonyl (C=O) groups is 3. The van der Waals surface area contributed by atoms with Crippen molar-refractivity contribution in [3.05, 3.63) is 46.6 Å². The summed E-state index contributed by atoms with van der Waals surface area (Å²) in [6.07, 6.45) is 10.0. The van der Waals surface area contributed by atoms with E-state index in [4.69, 9.17) is 16.1 Å². The number of fused-ring (bicyclic) bond motifs is 7. The van der Waals surface area contributed by atoms with Crippen LogP contribution in [0.25, 0.3) is 4.85 Å². The van der Waals surface area contributed by atoms with Crippen LogP contribution in [0.5, 0.6) is 0 Å². The quantitative estimate of drug-likeness (QED) is 0.370. The summed E-state index contributed by atoms with van der Waals surface area (Å²) >= 11 is 0. The molecule has 1 aromatic heterocycles. The van der Waals surface area contributed by atoms with Crippen molar-refractivity contribution in [3.63, 3.8) is 0 Å². The SMILES string of the molecule is [C-]#[N+]C1=C[C@]2(C)C3=CC(=O)[C@@H]4[C@@H]5CC(C)(C)CC[C@]5(c5nc(CCNC(=O)OC)no5)CC[C@@]4(C)[C@]3(C)CC[C@H]2C(C)(C)C1=O. The average Bonchev–Trinajstić information content (AvgIpc) is 3.45. The molecule has 0 radical (unpaired) electrons. The Balaban J connectivity index is 1.43. The Morgan fingerprint density at radius 2 is 1.80 bits per heavy atom. The van der Waals surface area contributed by atoms with Crippen molar-refractivity contribution in [1.29, 1.82) is 0 Å². The molecule has 0 unspecified atom stereocenters. The maximum Gasteiger partial charge on any atom is 0.406 e. The number of nitrogens with one attached hydrogen (secondary N) is 1. The summed E-state index contributed by atoms with van der Waals surface area (Å²) in [5, 5.41) is 6.99. The van der Waals surface area contributed by atoms with Crippen molar-refractivity contribution in [1.82, 2.24) is 15.5 Å². The van der Waals surface area contributed by atoms with Crippen molar-refractivity contribution in [2.75, 3.05) is 13.7 Å². The van der Waals surface area contributed by atoms with Crippen LogP contribution in [0.4, 0.5) is 4.79 Å². The summed E-state index contributed by atoms with van der Waals surface area (Å²) in [5.74, 6) is 1.09. The maximum absolute atomic E-state index is 14.8. The molecule has 6 rings (SSSR count). The highest BCUT2D eigenvalue weighted by Gasteiger charge is 2.70. The van der Waals surface area contributed by atoms with Crippen LogP contribution in [0, 0.1) is 51.4 Å². The Morgan fingerprint density at radius 1 is 1.09 bits per heavy atom. The Hall–Kier alpha value is -3.28. The van der Waals surface area contributed by atoms with Gasteiger partial charge < -0.3 is 19.4 Å². The van der Waals surface area contributed by atoms with Crippen molar-refractivity contribution in [2.24, 2.45) is 44.8 Å². The Labute approximate surface area is 266 Å². The molecular weight excluding hydrogens is 568 g/mol. The van der Waals surface area contributed by atoms with Gasteiger partial charge in [0.05, 0.1) is 19.1 Å². The number of aromatic nitrogens is 2. The van der Waals surface area contributed by atoms with Crippen molar-refractivity contribution in [2.45, 2.75) is 105 Å². The molecule has 1 aromatic rings. The van der Waals surface area contributed by atoms with E-state index in [2.05, 4.69) is 54.7 Å². The third-order valence-corrected chi connectivity index (χ3v) is 13.5. The molecule has 1 heterocycles. The van der Waals surface area contributed by atoms with Gasteiger partial charge in [0.25, 0.3) is 0 Å². The molecule has 3 saturated carbocycles. The zero-order valence-electron chi connectivity index (χ0n) is 28.1. The fourth-order valence-electron chi connectivity index (χ4n) is 10.9. The number of Topliss-reactive ketones (excluding diaryl/α,β-unsaturated/α-hetero) is 1. The lowest BCUT2D eigenvalue weighted by molar-refractivity contribution is -0.161. The zero-order chi connectivity index (χ0) is 32.8. The van der Waals surface area contributed by atoms with E-state index in [-0.39, 0.29) is 51.3 Å². The van der Waals surface area contributed by atoms with Crippen LogP contribution in [-0.4, -0.2) is 41.5 Å². The standard InChI is InChI=1S/C36H48N4O5/c1-31(2)13-15-36(29-39-26(40-45-29)11-17-38-30(43)44-9)16-14-35(7)27(21(36)19-31)23(41)18-25-33(5)20-22(37-8)28(42)32(3,4)24(33)10-12-34(25,35)6/h18,20-21,24,27H,10-17,19H2,1-7,9H3,(H,38,43)/t21-,24-,27-,33-,34+,35+,36-/m0/s1. The van der Waals surface area contributed by atoms with E-state index >= 15 is 0 Å². The van der Waals surface area contributed by atoms with E-state index in [0.29, 0.717) is 24.7 Å². The Morgan fingerprint density at radius 3 is 2.49 bits per heavy atom. The van der Waals surface area contributed by atoms with Crippen LogP contribution in [0.3, 0.4) is 0 Å². The molecular formula is C36H48N4O5. The summed E-state index contributed by atoms with van der Waals surface area (Å²) in [6, 6.07) is 0. The summed E-state index contributed by atoms with van der Waals surface area (Å²) < 4.78 is 10.7. The number of allylic oxidation sites excluding steroid dienone is 4. The van der Waals surface area contributed by atoms with Crippen molar-refractivity contribution in [3.8, 4) is 0 Å². The lowest BCUT2D eigenvalue weighted by Gasteiger charge is -2.69. The van der Waals surface area contributed by atoms with Crippen LogP contribution in [0.2, 0.25) is 0 Å². The van der Waals surface area contributed by atoms with E-state index in [9.17, 15) is 14.4 Å². The predicted octanol–water partition coefficient (Wildman–Crippen LogP) is 6.79. The van der Waals surface area contributed by atoms with Gasteiger partial charge in [-0.3, -0.25) is 4.79 Å². The van der Waals surface area contributed by atoms with Crippen molar-refractivity contribution >= 4 is 17.7 Å². The third-order valence-electron chi connectivity index (χ3n) is 13.5. The fraction of sp³-hybridized carbons (Fsp3) is 0.722. The highest BCUT2D eigenvalue weighted by Crippen LogP contribution is 2.74. The Bertz CT molecular complexity index is 1560. The summed E-state index contributed by atoms with van der Waals surface area (Å²) in [7, 11) is 1.33. The molecule has 45 heavy (non-hydrogen) atoms. The number of carbonyl (C=O) groups excluding carboxylic acids is 3. The second-order valence-corrected chi connectivity index (χ2v) is 16.6. The number of nitrogens with zero attached hydrogens (tertiary/aromatic N) is 3. The van der Waals surface area contributed by atoms with Gasteiger partial charge >= 0.3 is 6.09 Å². The van der Waals surface area contributed by atoms with Crippen LogP contribution < -0.4 is 5.32 Å². The number of amides is 1. The minimum absolute atomic E-state index is 0.0251. The van der Waals surface area contributed by atoms with Gasteiger partial charge in [-0.1, -0.05) is 65.3 Å². The van der Waals surface area contributed by atoms with Crippen molar-refractivity contribution < 1.29 is 23.6 Å². The first-order chi connectivity index (χ1) is 21.0. The Kier molecular flexibility index (Phi) is 7.12. The second kappa shape index (κ2) is 10.1. The number of alkyl carbamates (subject to hydrolysis) is 1. The van der Waals surface area contributed by atoms with E-state index in [1.165, 1.54) is 7.11 Å². The summed E-state index contributed by atoms with van der Waals surface area (Å²) in [5.41, 5.74) is -0.826. The first-order valence-corrected chi connectivity index (χ1v) is 16.6. The van der Waals surface area contributed by atoms with Crippen LogP contribution in [0.15, 0.2) is 27.9 Å². The molecule has 0 aromatic carbocycles. The molecule has 0 bridgehead atoms. The molecule has 0 saturated heterocycles. The van der Waals surface area contributed by atoms with E-state index < -0.39 is 22.3 Å². The lowest BCUT2D eigenvalue weighted by Crippen LogP contribution is -2.65. The third kappa shape index (κ3) is 4.33. The molecule has 1 N–H and O–H groups in total.